The number of H-pyrrole nitrogens is 1. The van der Waals surface area contributed by atoms with Crippen molar-refractivity contribution in [1.82, 2.24) is 15.2 Å². The number of benzene rings is 1. The summed E-state index contributed by atoms with van der Waals surface area (Å²) in [5, 5.41) is 4.39. The lowest BCUT2D eigenvalue weighted by Gasteiger charge is -2.39. The van der Waals surface area contributed by atoms with Gasteiger partial charge in [0.2, 0.25) is 0 Å². The van der Waals surface area contributed by atoms with Crippen molar-refractivity contribution in [2.75, 3.05) is 19.6 Å². The number of hydrogen-bond acceptors (Lipinski definition) is 3. The molecule has 152 valence electrons. The quantitative estimate of drug-likeness (QED) is 0.849. The van der Waals surface area contributed by atoms with Gasteiger partial charge < -0.3 is 15.0 Å². The first-order valence-electron chi connectivity index (χ1n) is 10.7. The minimum Gasteiger partial charge on any atom is -0.373 e. The molecular weight excluding hydrogens is 350 g/mol. The van der Waals surface area contributed by atoms with Gasteiger partial charge in [-0.2, -0.15) is 0 Å². The van der Waals surface area contributed by atoms with Crippen molar-refractivity contribution < 1.29 is 9.53 Å². The third kappa shape index (κ3) is 3.83. The van der Waals surface area contributed by atoms with Gasteiger partial charge in [0.05, 0.1) is 23.3 Å². The summed E-state index contributed by atoms with van der Waals surface area (Å²) in [5.74, 6) is 0.724. The molecule has 0 spiro atoms. The van der Waals surface area contributed by atoms with E-state index in [1.54, 1.807) is 0 Å². The number of nitrogens with one attached hydrogen (secondary N) is 2. The Morgan fingerprint density at radius 1 is 1.29 bits per heavy atom. The van der Waals surface area contributed by atoms with Crippen LogP contribution in [0.1, 0.15) is 55.7 Å². The topological polar surface area (TPSA) is 57.4 Å². The molecule has 2 heterocycles. The van der Waals surface area contributed by atoms with E-state index in [2.05, 4.69) is 49.0 Å². The zero-order chi connectivity index (χ0) is 19.8. The molecule has 2 aromatic rings. The second kappa shape index (κ2) is 7.88. The maximum absolute atomic E-state index is 13.0. The fourth-order valence-electron chi connectivity index (χ4n) is 4.85. The number of fused-ring (bicyclic) bond motifs is 3. The summed E-state index contributed by atoms with van der Waals surface area (Å²) in [6.07, 6.45) is 3.88. The Balaban J connectivity index is 1.47. The predicted octanol–water partition coefficient (Wildman–Crippen LogP) is 3.52. The Kier molecular flexibility index (Phi) is 5.48. The number of aromatic amines is 1. The normalized spacial score (nSPS) is 26.8. The van der Waals surface area contributed by atoms with E-state index in [0.717, 1.165) is 37.0 Å². The average Bonchev–Trinajstić information content (AvgIpc) is 3.03. The standard InChI is InChI=1S/C23H33N3O2/c1-14-8-9-21-20(10-14)18-6-5-7-19(22(18)25-21)23(27)24-11-15(2)26-12-16(3)28-17(4)13-26/h5-7,14-17,25H,8-13H2,1-4H3,(H,24,27). The molecular formula is C23H33N3O2. The maximum Gasteiger partial charge on any atom is 0.253 e. The number of para-hydroxylation sites is 1. The number of nitrogens with zero attached hydrogens (tertiary/aromatic N) is 1. The van der Waals surface area contributed by atoms with Crippen molar-refractivity contribution >= 4 is 16.8 Å². The molecule has 1 aromatic heterocycles. The summed E-state index contributed by atoms with van der Waals surface area (Å²) in [7, 11) is 0. The van der Waals surface area contributed by atoms with Gasteiger partial charge in [-0.25, -0.2) is 0 Å². The van der Waals surface area contributed by atoms with Crippen molar-refractivity contribution in [1.29, 1.82) is 0 Å². The SMILES string of the molecule is CC1CCc2[nH]c3c(C(=O)NCC(C)N4CC(C)OC(C)C4)cccc3c2C1. The van der Waals surface area contributed by atoms with Crippen LogP contribution in [0.15, 0.2) is 18.2 Å². The van der Waals surface area contributed by atoms with Gasteiger partial charge >= 0.3 is 0 Å². The predicted molar refractivity (Wildman–Crippen MR) is 113 cm³/mol. The summed E-state index contributed by atoms with van der Waals surface area (Å²) in [5.41, 5.74) is 4.49. The van der Waals surface area contributed by atoms with Crippen LogP contribution in [0.5, 0.6) is 0 Å². The van der Waals surface area contributed by atoms with Crippen LogP contribution in [-0.4, -0.2) is 53.7 Å². The molecule has 4 atom stereocenters. The lowest BCUT2D eigenvalue weighted by Crippen LogP contribution is -2.52. The number of aryl methyl sites for hydroxylation is 1. The Morgan fingerprint density at radius 2 is 2.04 bits per heavy atom. The molecule has 0 radical (unpaired) electrons. The molecule has 1 amide bonds. The first-order valence-corrected chi connectivity index (χ1v) is 10.7. The number of hydrogen-bond donors (Lipinski definition) is 2. The molecule has 28 heavy (non-hydrogen) atoms. The van der Waals surface area contributed by atoms with E-state index >= 15 is 0 Å². The van der Waals surface area contributed by atoms with Gasteiger partial charge in [-0.3, -0.25) is 9.69 Å². The molecule has 4 rings (SSSR count). The van der Waals surface area contributed by atoms with Crippen LogP contribution in [-0.2, 0) is 17.6 Å². The molecule has 1 aromatic carbocycles. The summed E-state index contributed by atoms with van der Waals surface area (Å²) >= 11 is 0. The minimum absolute atomic E-state index is 0.0125. The van der Waals surface area contributed by atoms with E-state index in [-0.39, 0.29) is 24.2 Å². The van der Waals surface area contributed by atoms with Crippen LogP contribution < -0.4 is 5.32 Å². The third-order valence-electron chi connectivity index (χ3n) is 6.34. The number of ether oxygens (including phenoxy) is 1. The molecule has 1 aliphatic heterocycles. The molecule has 1 saturated heterocycles. The van der Waals surface area contributed by atoms with Crippen LogP contribution in [0.3, 0.4) is 0 Å². The van der Waals surface area contributed by atoms with Gasteiger partial charge in [0, 0.05) is 36.8 Å². The van der Waals surface area contributed by atoms with E-state index in [9.17, 15) is 4.79 Å². The van der Waals surface area contributed by atoms with Gasteiger partial charge in [-0.1, -0.05) is 19.1 Å². The van der Waals surface area contributed by atoms with Gasteiger partial charge in [0.25, 0.3) is 5.91 Å². The lowest BCUT2D eigenvalue weighted by atomic mass is 9.87. The molecule has 4 unspecified atom stereocenters. The highest BCUT2D eigenvalue weighted by Gasteiger charge is 2.26. The Labute approximate surface area is 167 Å². The van der Waals surface area contributed by atoms with Gasteiger partial charge in [0.1, 0.15) is 0 Å². The van der Waals surface area contributed by atoms with Gasteiger partial charge in [-0.15, -0.1) is 0 Å². The highest BCUT2D eigenvalue weighted by molar-refractivity contribution is 6.06. The summed E-state index contributed by atoms with van der Waals surface area (Å²) in [6.45, 7) is 11.2. The van der Waals surface area contributed by atoms with Crippen molar-refractivity contribution in [2.45, 2.75) is 65.2 Å². The third-order valence-corrected chi connectivity index (χ3v) is 6.34. The summed E-state index contributed by atoms with van der Waals surface area (Å²) in [6, 6.07) is 6.39. The number of rotatable bonds is 4. The molecule has 2 N–H and O–H groups in total. The maximum atomic E-state index is 13.0. The largest absolute Gasteiger partial charge is 0.373 e. The highest BCUT2D eigenvalue weighted by atomic mass is 16.5. The molecule has 1 fully saturated rings. The Bertz CT molecular complexity index is 849. The molecule has 5 heteroatoms. The van der Waals surface area contributed by atoms with Crippen LogP contribution in [0.2, 0.25) is 0 Å². The lowest BCUT2D eigenvalue weighted by molar-refractivity contribution is -0.0778. The van der Waals surface area contributed by atoms with Crippen LogP contribution in [0.25, 0.3) is 10.9 Å². The Morgan fingerprint density at radius 3 is 2.79 bits per heavy atom. The van der Waals surface area contributed by atoms with E-state index in [1.165, 1.54) is 23.1 Å². The van der Waals surface area contributed by atoms with Crippen molar-refractivity contribution in [3.05, 3.63) is 35.0 Å². The number of carbonyl (C=O) groups excluding carboxylic acids is 1. The van der Waals surface area contributed by atoms with Crippen molar-refractivity contribution in [2.24, 2.45) is 5.92 Å². The van der Waals surface area contributed by atoms with Crippen LogP contribution in [0, 0.1) is 5.92 Å². The average molecular weight is 384 g/mol. The summed E-state index contributed by atoms with van der Waals surface area (Å²) in [4.78, 5) is 18.9. The van der Waals surface area contributed by atoms with E-state index in [1.807, 2.05) is 12.1 Å². The smallest absolute Gasteiger partial charge is 0.253 e. The Hall–Kier alpha value is -1.85. The van der Waals surface area contributed by atoms with Crippen LogP contribution in [0.4, 0.5) is 0 Å². The second-order valence-electron chi connectivity index (χ2n) is 8.93. The molecule has 1 aliphatic carbocycles. The monoisotopic (exact) mass is 383 g/mol. The first kappa shape index (κ1) is 19.5. The molecule has 5 nitrogen and oxygen atoms in total. The fourth-order valence-corrected chi connectivity index (χ4v) is 4.85. The van der Waals surface area contributed by atoms with Crippen LogP contribution >= 0.6 is 0 Å². The number of morpholine rings is 1. The summed E-state index contributed by atoms with van der Waals surface area (Å²) < 4.78 is 5.82. The highest BCUT2D eigenvalue weighted by Crippen LogP contribution is 2.32. The molecule has 0 bridgehead atoms. The number of carbonyl (C=O) groups is 1. The van der Waals surface area contributed by atoms with E-state index < -0.39 is 0 Å². The second-order valence-corrected chi connectivity index (χ2v) is 8.93. The molecule has 0 saturated carbocycles. The van der Waals surface area contributed by atoms with Gasteiger partial charge in [-0.05, 0) is 57.6 Å². The fraction of sp³-hybridized carbons (Fsp3) is 0.609. The van der Waals surface area contributed by atoms with Crippen molar-refractivity contribution in [3.63, 3.8) is 0 Å². The number of aromatic nitrogens is 1. The van der Waals surface area contributed by atoms with E-state index in [0.29, 0.717) is 12.5 Å². The first-order chi connectivity index (χ1) is 13.4. The molecule has 2 aliphatic rings. The van der Waals surface area contributed by atoms with Gasteiger partial charge in [0.15, 0.2) is 0 Å². The van der Waals surface area contributed by atoms with E-state index in [4.69, 9.17) is 4.74 Å². The zero-order valence-corrected chi connectivity index (χ0v) is 17.5. The minimum atomic E-state index is 0.0125. The van der Waals surface area contributed by atoms with Crippen molar-refractivity contribution in [3.8, 4) is 0 Å². The number of amides is 1. The zero-order valence-electron chi connectivity index (χ0n) is 17.5.